The lowest BCUT2D eigenvalue weighted by Crippen LogP contribution is -2.44. The average molecular weight is 203 g/mol. The minimum Gasteiger partial charge on any atom is -0.480 e. The normalized spacial score (nSPS) is 13.4. The number of amides is 1. The number of nitrogens with one attached hydrogen (secondary N) is 1. The molecule has 0 aliphatic heterocycles. The molecule has 0 rings (SSSR count). The number of carbonyl (C=O) groups is 2. The first-order valence-electron chi connectivity index (χ1n) is 4.36. The predicted octanol–water partition coefficient (Wildman–Crippen LogP) is 0.391. The van der Waals surface area contributed by atoms with Crippen LogP contribution in [-0.4, -0.2) is 35.2 Å². The summed E-state index contributed by atoms with van der Waals surface area (Å²) < 4.78 is 5.26. The Morgan fingerprint density at radius 3 is 2.21 bits per heavy atom. The number of carbonyl (C=O) groups excluding carboxylic acids is 1. The maximum Gasteiger partial charge on any atom is 0.328 e. The van der Waals surface area contributed by atoms with Crippen molar-refractivity contribution >= 4 is 11.9 Å². The average Bonchev–Trinajstić information content (AvgIpc) is 1.94. The van der Waals surface area contributed by atoms with Crippen molar-refractivity contribution < 1.29 is 19.4 Å². The zero-order chi connectivity index (χ0) is 11.4. The number of aliphatic carboxylic acids is 1. The van der Waals surface area contributed by atoms with Gasteiger partial charge in [-0.05, 0) is 20.8 Å². The van der Waals surface area contributed by atoms with Crippen molar-refractivity contribution in [1.29, 1.82) is 0 Å². The SMILES string of the molecule is CC(=O)N[C@H](COC(C)(C)C)C(=O)O. The van der Waals surface area contributed by atoms with Crippen LogP contribution in [0.1, 0.15) is 27.7 Å². The number of carboxylic acid groups (broad SMARTS) is 1. The van der Waals surface area contributed by atoms with E-state index in [1.54, 1.807) is 0 Å². The van der Waals surface area contributed by atoms with Gasteiger partial charge in [0, 0.05) is 6.92 Å². The fourth-order valence-corrected chi connectivity index (χ4v) is 0.753. The molecule has 0 aliphatic carbocycles. The van der Waals surface area contributed by atoms with Gasteiger partial charge in [0.2, 0.25) is 5.91 Å². The minimum absolute atomic E-state index is 0.0294. The smallest absolute Gasteiger partial charge is 0.328 e. The zero-order valence-electron chi connectivity index (χ0n) is 8.96. The highest BCUT2D eigenvalue weighted by atomic mass is 16.5. The van der Waals surface area contributed by atoms with E-state index in [1.807, 2.05) is 20.8 Å². The van der Waals surface area contributed by atoms with Crippen LogP contribution in [0, 0.1) is 0 Å². The van der Waals surface area contributed by atoms with Crippen LogP contribution in [0.2, 0.25) is 0 Å². The van der Waals surface area contributed by atoms with E-state index in [4.69, 9.17) is 9.84 Å². The molecule has 14 heavy (non-hydrogen) atoms. The summed E-state index contributed by atoms with van der Waals surface area (Å²) in [6.07, 6.45) is 0. The van der Waals surface area contributed by atoms with E-state index in [1.165, 1.54) is 6.92 Å². The first-order valence-corrected chi connectivity index (χ1v) is 4.36. The first-order chi connectivity index (χ1) is 6.22. The highest BCUT2D eigenvalue weighted by Gasteiger charge is 2.21. The minimum atomic E-state index is -1.09. The standard InChI is InChI=1S/C9H17NO4/c1-6(11)10-7(8(12)13)5-14-9(2,3)4/h7H,5H2,1-4H3,(H,10,11)(H,12,13)/t7-/m1/s1. The second-order valence-corrected chi connectivity index (χ2v) is 4.01. The molecule has 0 saturated heterocycles. The Labute approximate surface area is 83.4 Å². The number of carboxylic acids is 1. The van der Waals surface area contributed by atoms with Crippen LogP contribution in [-0.2, 0) is 14.3 Å². The molecule has 0 bridgehead atoms. The molecule has 0 aromatic carbocycles. The van der Waals surface area contributed by atoms with Gasteiger partial charge in [-0.25, -0.2) is 4.79 Å². The van der Waals surface area contributed by atoms with Gasteiger partial charge in [0.15, 0.2) is 6.04 Å². The van der Waals surface area contributed by atoms with E-state index in [2.05, 4.69) is 5.32 Å². The molecular weight excluding hydrogens is 186 g/mol. The summed E-state index contributed by atoms with van der Waals surface area (Å²) in [4.78, 5) is 21.3. The van der Waals surface area contributed by atoms with Crippen molar-refractivity contribution in [2.24, 2.45) is 0 Å². The van der Waals surface area contributed by atoms with Gasteiger partial charge in [0.05, 0.1) is 12.2 Å². The van der Waals surface area contributed by atoms with E-state index in [0.717, 1.165) is 0 Å². The molecule has 82 valence electrons. The summed E-state index contributed by atoms with van der Waals surface area (Å²) in [5.41, 5.74) is -0.411. The van der Waals surface area contributed by atoms with Gasteiger partial charge in [-0.1, -0.05) is 0 Å². The molecule has 1 amide bonds. The molecule has 0 radical (unpaired) electrons. The fourth-order valence-electron chi connectivity index (χ4n) is 0.753. The van der Waals surface area contributed by atoms with Crippen LogP contribution < -0.4 is 5.32 Å². The number of hydrogen-bond donors (Lipinski definition) is 2. The third kappa shape index (κ3) is 6.42. The molecule has 0 aromatic heterocycles. The molecule has 2 N–H and O–H groups in total. The van der Waals surface area contributed by atoms with E-state index in [-0.39, 0.29) is 12.5 Å². The first kappa shape index (κ1) is 12.9. The summed E-state index contributed by atoms with van der Waals surface area (Å²) in [5, 5.41) is 11.0. The monoisotopic (exact) mass is 203 g/mol. The van der Waals surface area contributed by atoms with Crippen molar-refractivity contribution in [3.05, 3.63) is 0 Å². The molecular formula is C9H17NO4. The van der Waals surface area contributed by atoms with Crippen molar-refractivity contribution in [1.82, 2.24) is 5.32 Å². The lowest BCUT2D eigenvalue weighted by molar-refractivity contribution is -0.145. The zero-order valence-corrected chi connectivity index (χ0v) is 8.96. The number of hydrogen-bond acceptors (Lipinski definition) is 3. The third-order valence-electron chi connectivity index (χ3n) is 1.36. The van der Waals surface area contributed by atoms with Crippen molar-refractivity contribution in [3.8, 4) is 0 Å². The van der Waals surface area contributed by atoms with Gasteiger partial charge in [-0.2, -0.15) is 0 Å². The summed E-state index contributed by atoms with van der Waals surface area (Å²) in [6.45, 7) is 6.70. The topological polar surface area (TPSA) is 75.6 Å². The lowest BCUT2D eigenvalue weighted by Gasteiger charge is -2.22. The van der Waals surface area contributed by atoms with E-state index in [0.29, 0.717) is 0 Å². The van der Waals surface area contributed by atoms with Crippen molar-refractivity contribution in [2.45, 2.75) is 39.3 Å². The molecule has 5 heteroatoms. The van der Waals surface area contributed by atoms with Crippen molar-refractivity contribution in [2.75, 3.05) is 6.61 Å². The van der Waals surface area contributed by atoms with Crippen LogP contribution in [0.25, 0.3) is 0 Å². The third-order valence-corrected chi connectivity index (χ3v) is 1.36. The summed E-state index contributed by atoms with van der Waals surface area (Å²) in [7, 11) is 0. The van der Waals surface area contributed by atoms with E-state index >= 15 is 0 Å². The van der Waals surface area contributed by atoms with Crippen molar-refractivity contribution in [3.63, 3.8) is 0 Å². The second-order valence-electron chi connectivity index (χ2n) is 4.01. The van der Waals surface area contributed by atoms with Crippen LogP contribution in [0.15, 0.2) is 0 Å². The predicted molar refractivity (Wildman–Crippen MR) is 50.9 cm³/mol. The van der Waals surface area contributed by atoms with Crippen LogP contribution in [0.3, 0.4) is 0 Å². The Morgan fingerprint density at radius 2 is 1.93 bits per heavy atom. The van der Waals surface area contributed by atoms with E-state index < -0.39 is 17.6 Å². The number of rotatable bonds is 4. The molecule has 0 heterocycles. The molecule has 0 aliphatic rings. The van der Waals surface area contributed by atoms with Gasteiger partial charge >= 0.3 is 5.97 Å². The summed E-state index contributed by atoms with van der Waals surface area (Å²) >= 11 is 0. The van der Waals surface area contributed by atoms with Gasteiger partial charge in [0.25, 0.3) is 0 Å². The molecule has 0 aromatic rings. The number of ether oxygens (including phenoxy) is 1. The Morgan fingerprint density at radius 1 is 1.43 bits per heavy atom. The summed E-state index contributed by atoms with van der Waals surface area (Å²) in [6, 6.07) is -0.980. The second kappa shape index (κ2) is 4.95. The van der Waals surface area contributed by atoms with Gasteiger partial charge in [0.1, 0.15) is 0 Å². The van der Waals surface area contributed by atoms with Crippen LogP contribution in [0.5, 0.6) is 0 Å². The molecule has 1 atom stereocenters. The van der Waals surface area contributed by atoms with Gasteiger partial charge in [-0.3, -0.25) is 4.79 Å². The van der Waals surface area contributed by atoms with E-state index in [9.17, 15) is 9.59 Å². The van der Waals surface area contributed by atoms with Crippen LogP contribution in [0.4, 0.5) is 0 Å². The highest BCUT2D eigenvalue weighted by molar-refractivity contribution is 5.82. The lowest BCUT2D eigenvalue weighted by atomic mass is 10.2. The fraction of sp³-hybridized carbons (Fsp3) is 0.778. The molecule has 0 spiro atoms. The summed E-state index contributed by atoms with van der Waals surface area (Å²) in [5.74, 6) is -1.47. The molecule has 5 nitrogen and oxygen atoms in total. The van der Waals surface area contributed by atoms with Crippen LogP contribution >= 0.6 is 0 Å². The highest BCUT2D eigenvalue weighted by Crippen LogP contribution is 2.07. The van der Waals surface area contributed by atoms with Gasteiger partial charge in [-0.15, -0.1) is 0 Å². The Kier molecular flexibility index (Phi) is 4.56. The largest absolute Gasteiger partial charge is 0.480 e. The van der Waals surface area contributed by atoms with Gasteiger partial charge < -0.3 is 15.2 Å². The molecule has 0 unspecified atom stereocenters. The maximum absolute atomic E-state index is 10.7. The maximum atomic E-state index is 10.7. The Bertz CT molecular complexity index is 219. The Balaban J connectivity index is 4.11. The molecule has 0 fully saturated rings. The Hall–Kier alpha value is -1.10. The quantitative estimate of drug-likeness (QED) is 0.693. The molecule has 0 saturated carbocycles.